The average Bonchev–Trinajstić information content (AvgIpc) is 2.95. The molecule has 0 fully saturated rings. The van der Waals surface area contributed by atoms with Crippen LogP contribution in [0.5, 0.6) is 11.6 Å². The van der Waals surface area contributed by atoms with Crippen LogP contribution in [0, 0.1) is 13.8 Å². The Hall–Kier alpha value is -2.19. The van der Waals surface area contributed by atoms with Crippen LogP contribution in [0.15, 0.2) is 43.4 Å². The summed E-state index contributed by atoms with van der Waals surface area (Å²) in [7, 11) is 0. The van der Waals surface area contributed by atoms with E-state index < -0.39 is 5.91 Å². The van der Waals surface area contributed by atoms with Crippen LogP contribution in [0.1, 0.15) is 36.5 Å². The summed E-state index contributed by atoms with van der Waals surface area (Å²) in [5.74, 6) is 0.126. The lowest BCUT2D eigenvalue weighted by Gasteiger charge is -2.18. The summed E-state index contributed by atoms with van der Waals surface area (Å²) in [6.07, 6.45) is 0. The number of azo groups is 1. The number of nitrogens with zero attached hydrogens (tertiary/aromatic N) is 2. The average molecular weight is 523 g/mol. The van der Waals surface area contributed by atoms with Gasteiger partial charge in [0.15, 0.2) is 12.3 Å². The molecule has 3 aromatic rings. The highest BCUT2D eigenvalue weighted by Crippen LogP contribution is 2.41. The summed E-state index contributed by atoms with van der Waals surface area (Å²) in [6.45, 7) is 7.73. The Balaban J connectivity index is 1.81. The SMILES string of the molecule is Cc1ccc2[nH]c(O)c(N=NC(=O)COc3c(Br)c(C)cc(Br)c3C(C)C)c2c1. The van der Waals surface area contributed by atoms with E-state index in [-0.39, 0.29) is 24.1 Å². The molecule has 0 unspecified atom stereocenters. The lowest BCUT2D eigenvalue weighted by atomic mass is 10.0. The van der Waals surface area contributed by atoms with Gasteiger partial charge in [-0.3, -0.25) is 4.79 Å². The number of aromatic amines is 1. The number of carbonyl (C=O) groups excluding carboxylic acids is 1. The number of rotatable bonds is 5. The zero-order valence-corrected chi connectivity index (χ0v) is 19.7. The van der Waals surface area contributed by atoms with E-state index in [1.54, 1.807) is 0 Å². The Morgan fingerprint density at radius 2 is 1.97 bits per heavy atom. The van der Waals surface area contributed by atoms with Gasteiger partial charge in [-0.15, -0.1) is 10.2 Å². The molecule has 1 heterocycles. The Morgan fingerprint density at radius 1 is 1.24 bits per heavy atom. The first kappa shape index (κ1) is 21.5. The molecule has 8 heteroatoms. The molecule has 0 spiro atoms. The quantitative estimate of drug-likeness (QED) is 0.360. The second-order valence-corrected chi connectivity index (χ2v) is 8.79. The van der Waals surface area contributed by atoms with E-state index in [1.165, 1.54) is 0 Å². The molecule has 6 nitrogen and oxygen atoms in total. The summed E-state index contributed by atoms with van der Waals surface area (Å²) in [5.41, 5.74) is 3.93. The third-order valence-corrected chi connectivity index (χ3v) is 6.12. The van der Waals surface area contributed by atoms with Gasteiger partial charge in [-0.05, 0) is 59.5 Å². The zero-order valence-electron chi connectivity index (χ0n) is 16.5. The van der Waals surface area contributed by atoms with Gasteiger partial charge in [0.2, 0.25) is 5.88 Å². The standard InChI is InChI=1S/C21H21Br2N3O3/c1-10(2)17-14(22)8-12(4)18(23)20(17)29-9-16(27)25-26-19-13-7-11(3)5-6-15(13)24-21(19)28/h5-8,10,24,28H,9H2,1-4H3. The normalized spacial score (nSPS) is 11.7. The van der Waals surface area contributed by atoms with E-state index >= 15 is 0 Å². The summed E-state index contributed by atoms with van der Waals surface area (Å²) in [4.78, 5) is 15.1. The van der Waals surface area contributed by atoms with E-state index in [0.29, 0.717) is 11.1 Å². The molecule has 1 aromatic heterocycles. The number of carbonyl (C=O) groups is 1. The highest BCUT2D eigenvalue weighted by molar-refractivity contribution is 9.11. The molecule has 0 aliphatic rings. The molecule has 0 saturated heterocycles. The van der Waals surface area contributed by atoms with Crippen LogP contribution in [0.3, 0.4) is 0 Å². The molecule has 2 N–H and O–H groups in total. The Labute approximate surface area is 185 Å². The van der Waals surface area contributed by atoms with Gasteiger partial charge in [0.25, 0.3) is 0 Å². The molecule has 0 radical (unpaired) electrons. The number of hydrogen-bond acceptors (Lipinski definition) is 4. The number of H-pyrrole nitrogens is 1. The van der Waals surface area contributed by atoms with Gasteiger partial charge in [0.05, 0.1) is 9.99 Å². The monoisotopic (exact) mass is 521 g/mol. The van der Waals surface area contributed by atoms with E-state index in [0.717, 1.165) is 31.2 Å². The third kappa shape index (κ3) is 4.53. The molecule has 1 amide bonds. The lowest BCUT2D eigenvalue weighted by molar-refractivity contribution is -0.120. The predicted molar refractivity (Wildman–Crippen MR) is 120 cm³/mol. The van der Waals surface area contributed by atoms with Crippen molar-refractivity contribution in [2.45, 2.75) is 33.6 Å². The Bertz CT molecular complexity index is 1120. The number of benzene rings is 2. The van der Waals surface area contributed by atoms with Crippen LogP contribution in [-0.4, -0.2) is 22.6 Å². The summed E-state index contributed by atoms with van der Waals surface area (Å²) in [6, 6.07) is 7.64. The van der Waals surface area contributed by atoms with Gasteiger partial charge in [-0.25, -0.2) is 0 Å². The fourth-order valence-corrected chi connectivity index (χ4v) is 4.49. The maximum absolute atomic E-state index is 12.3. The van der Waals surface area contributed by atoms with Crippen molar-refractivity contribution in [3.05, 3.63) is 49.9 Å². The molecule has 0 atom stereocenters. The first-order valence-corrected chi connectivity index (χ1v) is 10.6. The molecule has 29 heavy (non-hydrogen) atoms. The van der Waals surface area contributed by atoms with E-state index in [2.05, 4.69) is 60.9 Å². The number of aromatic nitrogens is 1. The topological polar surface area (TPSA) is 87.0 Å². The van der Waals surface area contributed by atoms with Crippen LogP contribution < -0.4 is 4.74 Å². The highest BCUT2D eigenvalue weighted by atomic mass is 79.9. The van der Waals surface area contributed by atoms with Gasteiger partial charge >= 0.3 is 5.91 Å². The summed E-state index contributed by atoms with van der Waals surface area (Å²) in [5, 5.41) is 18.5. The maximum Gasteiger partial charge on any atom is 0.302 e. The van der Waals surface area contributed by atoms with E-state index in [4.69, 9.17) is 4.74 Å². The van der Waals surface area contributed by atoms with Crippen molar-refractivity contribution in [2.75, 3.05) is 6.61 Å². The number of ether oxygens (including phenoxy) is 1. The number of hydrogen-bond donors (Lipinski definition) is 2. The molecule has 0 aliphatic heterocycles. The second-order valence-electron chi connectivity index (χ2n) is 7.14. The molecule has 2 aromatic carbocycles. The van der Waals surface area contributed by atoms with E-state index in [1.807, 2.05) is 38.1 Å². The van der Waals surface area contributed by atoms with Crippen molar-refractivity contribution in [1.82, 2.24) is 4.98 Å². The number of fused-ring (bicyclic) bond motifs is 1. The van der Waals surface area contributed by atoms with E-state index in [9.17, 15) is 9.90 Å². The Morgan fingerprint density at radius 3 is 2.66 bits per heavy atom. The summed E-state index contributed by atoms with van der Waals surface area (Å²) < 4.78 is 7.54. The van der Waals surface area contributed by atoms with Gasteiger partial charge in [0, 0.05) is 15.4 Å². The van der Waals surface area contributed by atoms with Crippen molar-refractivity contribution < 1.29 is 14.6 Å². The van der Waals surface area contributed by atoms with Crippen molar-refractivity contribution in [1.29, 1.82) is 0 Å². The number of aromatic hydroxyl groups is 1. The number of amides is 1. The minimum atomic E-state index is -0.550. The molecular weight excluding hydrogens is 502 g/mol. The summed E-state index contributed by atoms with van der Waals surface area (Å²) >= 11 is 7.12. The van der Waals surface area contributed by atoms with Crippen LogP contribution in [0.4, 0.5) is 5.69 Å². The molecule has 3 rings (SSSR count). The van der Waals surface area contributed by atoms with Gasteiger partial charge in [-0.2, -0.15) is 0 Å². The first-order valence-electron chi connectivity index (χ1n) is 9.06. The fraction of sp³-hybridized carbons (Fsp3) is 0.286. The van der Waals surface area contributed by atoms with Crippen molar-refractivity contribution in [3.8, 4) is 11.6 Å². The molecular formula is C21H21Br2N3O3. The number of aryl methyl sites for hydroxylation is 2. The molecule has 0 aliphatic carbocycles. The molecule has 0 saturated carbocycles. The van der Waals surface area contributed by atoms with Crippen LogP contribution in [0.2, 0.25) is 0 Å². The van der Waals surface area contributed by atoms with Gasteiger partial charge < -0.3 is 14.8 Å². The fourth-order valence-electron chi connectivity index (χ4n) is 3.06. The van der Waals surface area contributed by atoms with Crippen LogP contribution >= 0.6 is 31.9 Å². The molecule has 152 valence electrons. The van der Waals surface area contributed by atoms with Crippen LogP contribution in [-0.2, 0) is 4.79 Å². The van der Waals surface area contributed by atoms with Gasteiger partial charge in [-0.1, -0.05) is 41.4 Å². The largest absolute Gasteiger partial charge is 0.493 e. The predicted octanol–water partition coefficient (Wildman–Crippen LogP) is 6.83. The number of nitrogens with one attached hydrogen (secondary N) is 1. The maximum atomic E-state index is 12.3. The Kier molecular flexibility index (Phi) is 6.43. The number of halogens is 2. The zero-order chi connectivity index (χ0) is 21.3. The second kappa shape index (κ2) is 8.67. The van der Waals surface area contributed by atoms with Gasteiger partial charge in [0.1, 0.15) is 5.75 Å². The smallest absolute Gasteiger partial charge is 0.302 e. The van der Waals surface area contributed by atoms with Crippen molar-refractivity contribution in [2.24, 2.45) is 10.2 Å². The van der Waals surface area contributed by atoms with Crippen molar-refractivity contribution >= 4 is 54.4 Å². The minimum absolute atomic E-state index is 0.129. The lowest BCUT2D eigenvalue weighted by Crippen LogP contribution is -2.11. The first-order chi connectivity index (χ1) is 13.7. The molecule has 0 bridgehead atoms. The van der Waals surface area contributed by atoms with Crippen molar-refractivity contribution in [3.63, 3.8) is 0 Å². The van der Waals surface area contributed by atoms with Crippen LogP contribution in [0.25, 0.3) is 10.9 Å². The highest BCUT2D eigenvalue weighted by Gasteiger charge is 2.19. The minimum Gasteiger partial charge on any atom is -0.493 e. The third-order valence-electron chi connectivity index (χ3n) is 4.48.